The summed E-state index contributed by atoms with van der Waals surface area (Å²) in [6.07, 6.45) is 0.699. The van der Waals surface area contributed by atoms with Crippen molar-refractivity contribution in [3.05, 3.63) is 0 Å². The molecular formula is C9H18ClN3O2. The van der Waals surface area contributed by atoms with Crippen LogP contribution in [0.4, 0.5) is 0 Å². The summed E-state index contributed by atoms with van der Waals surface area (Å²) in [5, 5.41) is 0. The van der Waals surface area contributed by atoms with Gasteiger partial charge in [0, 0.05) is 20.6 Å². The van der Waals surface area contributed by atoms with Crippen molar-refractivity contribution in [2.45, 2.75) is 25.4 Å². The van der Waals surface area contributed by atoms with E-state index in [0.29, 0.717) is 13.0 Å². The van der Waals surface area contributed by atoms with Crippen molar-refractivity contribution in [3.8, 4) is 0 Å². The van der Waals surface area contributed by atoms with Crippen LogP contribution in [0.2, 0.25) is 0 Å². The summed E-state index contributed by atoms with van der Waals surface area (Å²) in [6, 6.07) is -0.864. The van der Waals surface area contributed by atoms with Gasteiger partial charge in [-0.2, -0.15) is 0 Å². The fourth-order valence-corrected chi connectivity index (χ4v) is 1.64. The minimum atomic E-state index is -0.543. The molecule has 1 aliphatic heterocycles. The minimum absolute atomic E-state index is 0. The van der Waals surface area contributed by atoms with Gasteiger partial charge in [-0.3, -0.25) is 9.59 Å². The van der Waals surface area contributed by atoms with Gasteiger partial charge < -0.3 is 15.5 Å². The molecule has 1 heterocycles. The number of halogens is 1. The summed E-state index contributed by atoms with van der Waals surface area (Å²) in [5.41, 5.74) is 5.47. The summed E-state index contributed by atoms with van der Waals surface area (Å²) < 4.78 is 0. The van der Waals surface area contributed by atoms with Crippen molar-refractivity contribution in [1.29, 1.82) is 0 Å². The fourth-order valence-electron chi connectivity index (χ4n) is 1.64. The van der Waals surface area contributed by atoms with Crippen LogP contribution in [0.5, 0.6) is 0 Å². The molecule has 0 radical (unpaired) electrons. The molecule has 1 unspecified atom stereocenters. The zero-order valence-corrected chi connectivity index (χ0v) is 10.1. The molecule has 5 nitrogen and oxygen atoms in total. The quantitative estimate of drug-likeness (QED) is 0.698. The number of amides is 2. The number of nitrogens with two attached hydrogens (primary N) is 1. The van der Waals surface area contributed by atoms with Gasteiger partial charge in [-0.25, -0.2) is 0 Å². The van der Waals surface area contributed by atoms with Gasteiger partial charge in [0.1, 0.15) is 6.04 Å². The Morgan fingerprint density at radius 1 is 1.67 bits per heavy atom. The Balaban J connectivity index is 0.00000196. The predicted molar refractivity (Wildman–Crippen MR) is 59.7 cm³/mol. The first-order valence-electron chi connectivity index (χ1n) is 4.72. The highest BCUT2D eigenvalue weighted by molar-refractivity contribution is 5.90. The summed E-state index contributed by atoms with van der Waals surface area (Å²) in [5.74, 6) is -0.180. The molecule has 2 amide bonds. The third kappa shape index (κ3) is 2.82. The van der Waals surface area contributed by atoms with E-state index in [1.54, 1.807) is 25.9 Å². The van der Waals surface area contributed by atoms with Gasteiger partial charge in [-0.05, 0) is 13.3 Å². The van der Waals surface area contributed by atoms with Crippen LogP contribution in [0.25, 0.3) is 0 Å². The first kappa shape index (κ1) is 14.2. The summed E-state index contributed by atoms with van der Waals surface area (Å²) in [4.78, 5) is 26.2. The van der Waals surface area contributed by atoms with Crippen LogP contribution in [-0.2, 0) is 9.59 Å². The number of nitrogens with zero attached hydrogens (tertiary/aromatic N) is 2. The Hall–Kier alpha value is -0.810. The van der Waals surface area contributed by atoms with Crippen LogP contribution in [-0.4, -0.2) is 54.3 Å². The standard InChI is InChI=1S/C9H17N3O2.ClH/c1-6(10)8(13)12(3)7-4-5-11(2)9(7)14;/h6-7H,4-5,10H2,1-3H3;1H/t6-,7?;/m1./s1. The number of carbonyl (C=O) groups is 2. The van der Waals surface area contributed by atoms with Gasteiger partial charge in [0.05, 0.1) is 6.04 Å². The third-order valence-corrected chi connectivity index (χ3v) is 2.60. The highest BCUT2D eigenvalue weighted by Gasteiger charge is 2.34. The average Bonchev–Trinajstić information content (AvgIpc) is 2.45. The van der Waals surface area contributed by atoms with Gasteiger partial charge >= 0.3 is 0 Å². The maximum Gasteiger partial charge on any atom is 0.245 e. The number of hydrogen-bond acceptors (Lipinski definition) is 3. The Morgan fingerprint density at radius 2 is 2.20 bits per heavy atom. The largest absolute Gasteiger partial charge is 0.344 e. The topological polar surface area (TPSA) is 66.6 Å². The third-order valence-electron chi connectivity index (χ3n) is 2.60. The molecule has 0 aromatic carbocycles. The van der Waals surface area contributed by atoms with Crippen LogP contribution >= 0.6 is 12.4 Å². The first-order chi connectivity index (χ1) is 6.45. The maximum atomic E-state index is 11.6. The highest BCUT2D eigenvalue weighted by Crippen LogP contribution is 2.14. The van der Waals surface area contributed by atoms with Gasteiger partial charge in [-0.1, -0.05) is 0 Å². The van der Waals surface area contributed by atoms with E-state index in [0.717, 1.165) is 0 Å². The molecule has 6 heteroatoms. The molecule has 1 fully saturated rings. The number of hydrogen-bond donors (Lipinski definition) is 1. The zero-order valence-electron chi connectivity index (χ0n) is 9.27. The minimum Gasteiger partial charge on any atom is -0.344 e. The Labute approximate surface area is 96.0 Å². The zero-order chi connectivity index (χ0) is 10.9. The summed E-state index contributed by atoms with van der Waals surface area (Å²) in [6.45, 7) is 2.34. The summed E-state index contributed by atoms with van der Waals surface area (Å²) >= 11 is 0. The molecule has 1 saturated heterocycles. The lowest BCUT2D eigenvalue weighted by Gasteiger charge is -2.24. The Kier molecular flexibility index (Phi) is 5.03. The molecule has 0 saturated carbocycles. The molecule has 0 aromatic heterocycles. The second-order valence-corrected chi connectivity index (χ2v) is 3.80. The Morgan fingerprint density at radius 3 is 2.53 bits per heavy atom. The number of carbonyl (C=O) groups excluding carboxylic acids is 2. The number of rotatable bonds is 2. The molecule has 0 spiro atoms. The SMILES string of the molecule is C[C@@H](N)C(=O)N(C)C1CCN(C)C1=O.Cl. The molecule has 2 N–H and O–H groups in total. The lowest BCUT2D eigenvalue weighted by Crippen LogP contribution is -2.48. The van der Waals surface area contributed by atoms with E-state index >= 15 is 0 Å². The second kappa shape index (κ2) is 5.32. The molecule has 2 atom stereocenters. The van der Waals surface area contributed by atoms with Crippen LogP contribution in [0.15, 0.2) is 0 Å². The molecule has 1 aliphatic rings. The van der Waals surface area contributed by atoms with Crippen LogP contribution in [0, 0.1) is 0 Å². The highest BCUT2D eigenvalue weighted by atomic mass is 35.5. The molecule has 0 aromatic rings. The fraction of sp³-hybridized carbons (Fsp3) is 0.778. The number of likely N-dealkylation sites (N-methyl/N-ethyl adjacent to an activating group) is 2. The van der Waals surface area contributed by atoms with Crippen molar-refractivity contribution in [2.75, 3.05) is 20.6 Å². The van der Waals surface area contributed by atoms with Gasteiger partial charge in [0.2, 0.25) is 11.8 Å². The van der Waals surface area contributed by atoms with Crippen molar-refractivity contribution in [1.82, 2.24) is 9.80 Å². The van der Waals surface area contributed by atoms with E-state index in [1.807, 2.05) is 0 Å². The molecule has 15 heavy (non-hydrogen) atoms. The van der Waals surface area contributed by atoms with Crippen molar-refractivity contribution in [3.63, 3.8) is 0 Å². The maximum absolute atomic E-state index is 11.6. The summed E-state index contributed by atoms with van der Waals surface area (Å²) in [7, 11) is 3.37. The van der Waals surface area contributed by atoms with Gasteiger partial charge in [0.15, 0.2) is 0 Å². The molecular weight excluding hydrogens is 218 g/mol. The van der Waals surface area contributed by atoms with Crippen molar-refractivity contribution < 1.29 is 9.59 Å². The lowest BCUT2D eigenvalue weighted by atomic mass is 10.2. The van der Waals surface area contributed by atoms with Crippen molar-refractivity contribution in [2.24, 2.45) is 5.73 Å². The molecule has 0 aliphatic carbocycles. The van der Waals surface area contributed by atoms with Gasteiger partial charge in [-0.15, -0.1) is 12.4 Å². The van der Waals surface area contributed by atoms with Crippen LogP contribution in [0.1, 0.15) is 13.3 Å². The van der Waals surface area contributed by atoms with E-state index in [2.05, 4.69) is 0 Å². The van der Waals surface area contributed by atoms with Gasteiger partial charge in [0.25, 0.3) is 0 Å². The Bertz CT molecular complexity index is 258. The van der Waals surface area contributed by atoms with Crippen molar-refractivity contribution >= 4 is 24.2 Å². The first-order valence-corrected chi connectivity index (χ1v) is 4.72. The van der Waals surface area contributed by atoms with E-state index < -0.39 is 6.04 Å². The average molecular weight is 236 g/mol. The predicted octanol–water partition coefficient (Wildman–Crippen LogP) is -0.555. The van der Waals surface area contributed by atoms with E-state index in [-0.39, 0.29) is 30.3 Å². The molecule has 88 valence electrons. The second-order valence-electron chi connectivity index (χ2n) is 3.80. The van der Waals surface area contributed by atoms with E-state index in [9.17, 15) is 9.59 Å². The number of likely N-dealkylation sites (tertiary alicyclic amines) is 1. The molecule has 1 rings (SSSR count). The van der Waals surface area contributed by atoms with Crippen LogP contribution in [0.3, 0.4) is 0 Å². The smallest absolute Gasteiger partial charge is 0.245 e. The van der Waals surface area contributed by atoms with E-state index in [1.165, 1.54) is 4.90 Å². The normalized spacial score (nSPS) is 22.3. The molecule has 0 bridgehead atoms. The lowest BCUT2D eigenvalue weighted by molar-refractivity contribution is -0.140. The monoisotopic (exact) mass is 235 g/mol. The van der Waals surface area contributed by atoms with E-state index in [4.69, 9.17) is 5.73 Å². The van der Waals surface area contributed by atoms with Crippen LogP contribution < -0.4 is 5.73 Å².